The molecule has 1 aromatic rings. The summed E-state index contributed by atoms with van der Waals surface area (Å²) in [5.74, 6) is 0. The standard InChI is InChI=1S/C12H21N3O3S/c1-9-11(10(2)15(14-9)6-7-16)19(17,18)13-8-12(3)4-5-12/h13,16H,4-8H2,1-3H3. The van der Waals surface area contributed by atoms with Crippen molar-refractivity contribution in [3.05, 3.63) is 11.4 Å². The highest BCUT2D eigenvalue weighted by atomic mass is 32.2. The van der Waals surface area contributed by atoms with Gasteiger partial charge >= 0.3 is 0 Å². The minimum absolute atomic E-state index is 0.0626. The molecule has 0 bridgehead atoms. The lowest BCUT2D eigenvalue weighted by molar-refractivity contribution is 0.267. The van der Waals surface area contributed by atoms with Crippen LogP contribution in [0, 0.1) is 19.3 Å². The zero-order valence-corrected chi connectivity index (χ0v) is 12.4. The van der Waals surface area contributed by atoms with Crippen molar-refractivity contribution in [2.75, 3.05) is 13.2 Å². The van der Waals surface area contributed by atoms with Crippen LogP contribution >= 0.6 is 0 Å². The van der Waals surface area contributed by atoms with E-state index in [2.05, 4.69) is 16.7 Å². The predicted octanol–water partition coefficient (Wildman–Crippen LogP) is 0.571. The maximum atomic E-state index is 12.3. The molecule has 19 heavy (non-hydrogen) atoms. The third kappa shape index (κ3) is 2.98. The molecule has 0 radical (unpaired) electrons. The summed E-state index contributed by atoms with van der Waals surface area (Å²) < 4.78 is 28.9. The number of aliphatic hydroxyl groups is 1. The largest absolute Gasteiger partial charge is 0.394 e. The molecule has 0 saturated heterocycles. The molecule has 1 aliphatic carbocycles. The van der Waals surface area contributed by atoms with Crippen molar-refractivity contribution in [1.82, 2.24) is 14.5 Å². The Hall–Kier alpha value is -0.920. The van der Waals surface area contributed by atoms with Gasteiger partial charge in [-0.3, -0.25) is 4.68 Å². The lowest BCUT2D eigenvalue weighted by Gasteiger charge is -2.11. The van der Waals surface area contributed by atoms with Gasteiger partial charge in [0.15, 0.2) is 0 Å². The Morgan fingerprint density at radius 3 is 2.58 bits per heavy atom. The molecule has 0 aromatic carbocycles. The molecule has 0 atom stereocenters. The topological polar surface area (TPSA) is 84.2 Å². The number of nitrogens with zero attached hydrogens (tertiary/aromatic N) is 2. The fourth-order valence-electron chi connectivity index (χ4n) is 2.11. The smallest absolute Gasteiger partial charge is 0.244 e. The predicted molar refractivity (Wildman–Crippen MR) is 71.3 cm³/mol. The summed E-state index contributed by atoms with van der Waals surface area (Å²) in [6.45, 7) is 6.17. The summed E-state index contributed by atoms with van der Waals surface area (Å²) in [7, 11) is -3.53. The zero-order chi connectivity index (χ0) is 14.3. The van der Waals surface area contributed by atoms with Crippen LogP contribution in [0.5, 0.6) is 0 Å². The Balaban J connectivity index is 2.24. The molecular weight excluding hydrogens is 266 g/mol. The second-order valence-corrected chi connectivity index (χ2v) is 7.29. The van der Waals surface area contributed by atoms with Crippen LogP contribution in [0.25, 0.3) is 0 Å². The molecule has 6 nitrogen and oxygen atoms in total. The van der Waals surface area contributed by atoms with E-state index in [4.69, 9.17) is 5.11 Å². The SMILES string of the molecule is Cc1nn(CCO)c(C)c1S(=O)(=O)NCC1(C)CC1. The van der Waals surface area contributed by atoms with Gasteiger partial charge in [0, 0.05) is 6.54 Å². The molecule has 0 amide bonds. The minimum Gasteiger partial charge on any atom is -0.394 e. The summed E-state index contributed by atoms with van der Waals surface area (Å²) >= 11 is 0. The average molecular weight is 287 g/mol. The number of aryl methyl sites for hydroxylation is 1. The molecule has 1 saturated carbocycles. The molecule has 1 heterocycles. The van der Waals surface area contributed by atoms with Gasteiger partial charge in [0.25, 0.3) is 0 Å². The number of hydrogen-bond acceptors (Lipinski definition) is 4. The maximum Gasteiger partial charge on any atom is 0.244 e. The van der Waals surface area contributed by atoms with E-state index in [-0.39, 0.29) is 16.9 Å². The quantitative estimate of drug-likeness (QED) is 0.801. The van der Waals surface area contributed by atoms with Crippen LogP contribution in [0.3, 0.4) is 0 Å². The monoisotopic (exact) mass is 287 g/mol. The Morgan fingerprint density at radius 1 is 1.42 bits per heavy atom. The second kappa shape index (κ2) is 4.88. The van der Waals surface area contributed by atoms with Crippen molar-refractivity contribution in [3.63, 3.8) is 0 Å². The highest BCUT2D eigenvalue weighted by Crippen LogP contribution is 2.44. The molecule has 1 fully saturated rings. The van der Waals surface area contributed by atoms with Crippen molar-refractivity contribution in [1.29, 1.82) is 0 Å². The lowest BCUT2D eigenvalue weighted by Crippen LogP contribution is -2.30. The summed E-state index contributed by atoms with van der Waals surface area (Å²) in [6, 6.07) is 0. The molecule has 0 spiro atoms. The van der Waals surface area contributed by atoms with Crippen LogP contribution in [0.15, 0.2) is 4.90 Å². The third-order valence-corrected chi connectivity index (χ3v) is 5.34. The maximum absolute atomic E-state index is 12.3. The van der Waals surface area contributed by atoms with E-state index in [1.54, 1.807) is 13.8 Å². The first-order valence-electron chi connectivity index (χ1n) is 6.44. The number of sulfonamides is 1. The van der Waals surface area contributed by atoms with Crippen molar-refractivity contribution in [2.45, 2.75) is 45.1 Å². The normalized spacial score (nSPS) is 17.7. The van der Waals surface area contributed by atoms with Crippen molar-refractivity contribution in [2.24, 2.45) is 5.41 Å². The molecule has 0 aliphatic heterocycles. The molecule has 2 rings (SSSR count). The molecule has 1 aliphatic rings. The van der Waals surface area contributed by atoms with Crippen LogP contribution in [0.4, 0.5) is 0 Å². The van der Waals surface area contributed by atoms with E-state index in [1.165, 1.54) is 4.68 Å². The lowest BCUT2D eigenvalue weighted by atomic mass is 10.2. The van der Waals surface area contributed by atoms with Gasteiger partial charge in [-0.15, -0.1) is 0 Å². The van der Waals surface area contributed by atoms with Gasteiger partial charge in [0.05, 0.1) is 24.5 Å². The Morgan fingerprint density at radius 2 is 2.05 bits per heavy atom. The highest BCUT2D eigenvalue weighted by Gasteiger charge is 2.38. The minimum atomic E-state index is -3.53. The number of aromatic nitrogens is 2. The average Bonchev–Trinajstić information content (AvgIpc) is 2.98. The van der Waals surface area contributed by atoms with Crippen LogP contribution in [0.1, 0.15) is 31.2 Å². The number of hydrogen-bond donors (Lipinski definition) is 2. The van der Waals surface area contributed by atoms with E-state index >= 15 is 0 Å². The second-order valence-electron chi connectivity index (χ2n) is 5.58. The molecule has 1 aromatic heterocycles. The number of rotatable bonds is 6. The summed E-state index contributed by atoms with van der Waals surface area (Å²) in [4.78, 5) is 0.241. The van der Waals surface area contributed by atoms with Crippen molar-refractivity contribution < 1.29 is 13.5 Å². The van der Waals surface area contributed by atoms with Gasteiger partial charge in [-0.05, 0) is 32.1 Å². The highest BCUT2D eigenvalue weighted by molar-refractivity contribution is 7.89. The fraction of sp³-hybridized carbons (Fsp3) is 0.750. The van der Waals surface area contributed by atoms with Gasteiger partial charge in [-0.2, -0.15) is 5.10 Å². The van der Waals surface area contributed by atoms with Gasteiger partial charge in [0.2, 0.25) is 10.0 Å². The Kier molecular flexibility index (Phi) is 3.72. The summed E-state index contributed by atoms with van der Waals surface area (Å²) in [5, 5.41) is 13.1. The first-order chi connectivity index (χ1) is 8.79. The third-order valence-electron chi connectivity index (χ3n) is 3.69. The zero-order valence-electron chi connectivity index (χ0n) is 11.6. The molecular formula is C12H21N3O3S. The van der Waals surface area contributed by atoms with Gasteiger partial charge in [0.1, 0.15) is 4.90 Å². The number of nitrogens with one attached hydrogen (secondary N) is 1. The molecule has 2 N–H and O–H groups in total. The van der Waals surface area contributed by atoms with E-state index in [9.17, 15) is 8.42 Å². The Labute approximate surface area is 113 Å². The Bertz CT molecular complexity index is 573. The van der Waals surface area contributed by atoms with Gasteiger partial charge in [-0.25, -0.2) is 13.1 Å². The molecule has 0 unspecified atom stereocenters. The van der Waals surface area contributed by atoms with Crippen molar-refractivity contribution in [3.8, 4) is 0 Å². The first kappa shape index (κ1) is 14.5. The van der Waals surface area contributed by atoms with Gasteiger partial charge < -0.3 is 5.11 Å². The summed E-state index contributed by atoms with van der Waals surface area (Å²) in [5.41, 5.74) is 1.16. The molecule has 108 valence electrons. The molecule has 7 heteroatoms. The van der Waals surface area contributed by atoms with E-state index in [0.717, 1.165) is 12.8 Å². The fourth-order valence-corrected chi connectivity index (χ4v) is 3.72. The van der Waals surface area contributed by atoms with E-state index < -0.39 is 10.0 Å². The van der Waals surface area contributed by atoms with Crippen LogP contribution in [0.2, 0.25) is 0 Å². The van der Waals surface area contributed by atoms with Gasteiger partial charge in [-0.1, -0.05) is 6.92 Å². The van der Waals surface area contributed by atoms with Crippen LogP contribution in [-0.4, -0.2) is 36.5 Å². The summed E-state index contributed by atoms with van der Waals surface area (Å²) in [6.07, 6.45) is 2.13. The van der Waals surface area contributed by atoms with E-state index in [1.807, 2.05) is 0 Å². The van der Waals surface area contributed by atoms with Crippen LogP contribution < -0.4 is 4.72 Å². The van der Waals surface area contributed by atoms with Crippen molar-refractivity contribution >= 4 is 10.0 Å². The first-order valence-corrected chi connectivity index (χ1v) is 7.92. The van der Waals surface area contributed by atoms with Crippen LogP contribution in [-0.2, 0) is 16.6 Å². The number of aliphatic hydroxyl groups excluding tert-OH is 1. The van der Waals surface area contributed by atoms with E-state index in [0.29, 0.717) is 24.5 Å².